The molecule has 0 aromatic carbocycles. The standard InChI is InChI=1S/C27H40F6O2/c1-16(9-12-24(4,34)26(28,29)30)19-7-8-20-18-6-5-17-15-25(35,27(31,32)33)14-13-22(17,2)21(18)10-11-23(19,20)3/h5,16,18-21,34-35H,6-15H2,1-4H3/t16-,18+,19-,20+,21?,22+,23-,24+,25+/m1/s1. The van der Waals surface area contributed by atoms with Crippen molar-refractivity contribution in [3.8, 4) is 0 Å². The maximum Gasteiger partial charge on any atom is 0.417 e. The summed E-state index contributed by atoms with van der Waals surface area (Å²) in [6.45, 7) is 7.22. The highest BCUT2D eigenvalue weighted by molar-refractivity contribution is 5.28. The van der Waals surface area contributed by atoms with Crippen molar-refractivity contribution in [1.82, 2.24) is 0 Å². The summed E-state index contributed by atoms with van der Waals surface area (Å²) in [5, 5.41) is 20.2. The van der Waals surface area contributed by atoms with Gasteiger partial charge in [-0.2, -0.15) is 26.3 Å². The molecule has 35 heavy (non-hydrogen) atoms. The van der Waals surface area contributed by atoms with Crippen molar-refractivity contribution in [2.75, 3.05) is 0 Å². The van der Waals surface area contributed by atoms with Crippen LogP contribution in [0.5, 0.6) is 0 Å². The molecule has 1 unspecified atom stereocenters. The zero-order chi connectivity index (χ0) is 26.2. The quantitative estimate of drug-likeness (QED) is 0.302. The third-order valence-electron chi connectivity index (χ3n) is 11.2. The lowest BCUT2D eigenvalue weighted by Gasteiger charge is -2.59. The molecule has 0 spiro atoms. The molecule has 0 radical (unpaired) electrons. The van der Waals surface area contributed by atoms with Crippen LogP contribution in [0.2, 0.25) is 0 Å². The van der Waals surface area contributed by atoms with Crippen molar-refractivity contribution in [2.24, 2.45) is 40.4 Å². The Labute approximate surface area is 204 Å². The van der Waals surface area contributed by atoms with Crippen LogP contribution >= 0.6 is 0 Å². The molecular formula is C27H40F6O2. The number of halogens is 6. The van der Waals surface area contributed by atoms with Gasteiger partial charge in [-0.1, -0.05) is 32.4 Å². The smallest absolute Gasteiger partial charge is 0.381 e. The van der Waals surface area contributed by atoms with Crippen molar-refractivity contribution >= 4 is 0 Å². The fraction of sp³-hybridized carbons (Fsp3) is 0.926. The SMILES string of the molecule is C[C@H](CC[C@](C)(O)C(F)(F)F)[C@H]1CC[C@H]2[C@@H]3CC=C4C[C@](O)(C(F)(F)F)CC[C@]4(C)C3CC[C@]12C. The third kappa shape index (κ3) is 4.26. The molecule has 2 N–H and O–H groups in total. The maximum absolute atomic E-state index is 13.5. The van der Waals surface area contributed by atoms with E-state index in [1.54, 1.807) is 0 Å². The Bertz CT molecular complexity index is 848. The van der Waals surface area contributed by atoms with Crippen LogP contribution in [0, 0.1) is 40.4 Å². The van der Waals surface area contributed by atoms with E-state index in [1.165, 1.54) is 0 Å². The second kappa shape index (κ2) is 8.37. The zero-order valence-electron chi connectivity index (χ0n) is 21.2. The molecule has 4 aliphatic rings. The minimum atomic E-state index is -4.65. The molecule has 4 aliphatic carbocycles. The summed E-state index contributed by atoms with van der Waals surface area (Å²) in [6.07, 6.45) is -3.11. The molecule has 0 heterocycles. The Morgan fingerprint density at radius 3 is 2.26 bits per heavy atom. The molecular weight excluding hydrogens is 470 g/mol. The van der Waals surface area contributed by atoms with Gasteiger partial charge in [-0.3, -0.25) is 0 Å². The molecule has 4 rings (SSSR count). The largest absolute Gasteiger partial charge is 0.417 e. The van der Waals surface area contributed by atoms with Crippen molar-refractivity contribution < 1.29 is 36.6 Å². The molecule has 8 heteroatoms. The van der Waals surface area contributed by atoms with Gasteiger partial charge < -0.3 is 10.2 Å². The number of alkyl halides is 6. The minimum absolute atomic E-state index is 0.00620. The number of hydrogen-bond donors (Lipinski definition) is 2. The summed E-state index contributed by atoms with van der Waals surface area (Å²) in [5.41, 5.74) is -4.91. The van der Waals surface area contributed by atoms with E-state index in [1.807, 2.05) is 13.0 Å². The van der Waals surface area contributed by atoms with Gasteiger partial charge >= 0.3 is 12.4 Å². The predicted octanol–water partition coefficient (Wildman–Crippen LogP) is 7.59. The van der Waals surface area contributed by atoms with E-state index in [-0.39, 0.29) is 47.8 Å². The van der Waals surface area contributed by atoms with Crippen LogP contribution in [-0.4, -0.2) is 33.8 Å². The first kappa shape index (κ1) is 27.3. The first-order valence-electron chi connectivity index (χ1n) is 13.1. The maximum atomic E-state index is 13.5. The second-order valence-corrected chi connectivity index (χ2v) is 13.0. The van der Waals surface area contributed by atoms with Gasteiger partial charge in [-0.15, -0.1) is 0 Å². The fourth-order valence-corrected chi connectivity index (χ4v) is 8.72. The molecule has 202 valence electrons. The minimum Gasteiger partial charge on any atom is -0.381 e. The Kier molecular flexibility index (Phi) is 6.53. The van der Waals surface area contributed by atoms with Crippen LogP contribution in [-0.2, 0) is 0 Å². The van der Waals surface area contributed by atoms with E-state index < -0.39 is 23.6 Å². The van der Waals surface area contributed by atoms with Crippen molar-refractivity contribution in [3.63, 3.8) is 0 Å². The van der Waals surface area contributed by atoms with E-state index in [0.717, 1.165) is 38.2 Å². The van der Waals surface area contributed by atoms with Crippen molar-refractivity contribution in [3.05, 3.63) is 11.6 Å². The first-order valence-corrected chi connectivity index (χ1v) is 13.1. The summed E-state index contributed by atoms with van der Waals surface area (Å²) < 4.78 is 80.0. The summed E-state index contributed by atoms with van der Waals surface area (Å²) in [4.78, 5) is 0. The van der Waals surface area contributed by atoms with E-state index in [4.69, 9.17) is 0 Å². The van der Waals surface area contributed by atoms with Gasteiger partial charge in [0.1, 0.15) is 0 Å². The second-order valence-electron chi connectivity index (χ2n) is 13.0. The predicted molar refractivity (Wildman–Crippen MR) is 121 cm³/mol. The lowest BCUT2D eigenvalue weighted by Crippen LogP contribution is -2.55. The number of rotatable bonds is 4. The average Bonchev–Trinajstić information content (AvgIpc) is 3.08. The molecule has 0 aliphatic heterocycles. The monoisotopic (exact) mass is 510 g/mol. The summed E-state index contributed by atoms with van der Waals surface area (Å²) in [5.74, 6) is 1.36. The number of fused-ring (bicyclic) bond motifs is 5. The highest BCUT2D eigenvalue weighted by Crippen LogP contribution is 2.68. The summed E-state index contributed by atoms with van der Waals surface area (Å²) in [6, 6.07) is 0. The van der Waals surface area contributed by atoms with Gasteiger partial charge in [0.15, 0.2) is 11.2 Å². The Balaban J connectivity index is 1.50. The van der Waals surface area contributed by atoms with Crippen molar-refractivity contribution in [2.45, 2.75) is 115 Å². The van der Waals surface area contributed by atoms with E-state index in [2.05, 4.69) is 13.8 Å². The van der Waals surface area contributed by atoms with E-state index in [9.17, 15) is 36.6 Å². The molecule has 0 bridgehead atoms. The van der Waals surface area contributed by atoms with Gasteiger partial charge in [0.05, 0.1) is 0 Å². The van der Waals surface area contributed by atoms with Crippen LogP contribution in [0.25, 0.3) is 0 Å². The number of hydrogen-bond acceptors (Lipinski definition) is 2. The lowest BCUT2D eigenvalue weighted by atomic mass is 9.46. The highest BCUT2D eigenvalue weighted by atomic mass is 19.4. The van der Waals surface area contributed by atoms with Gasteiger partial charge in [-0.05, 0) is 105 Å². The van der Waals surface area contributed by atoms with Crippen LogP contribution < -0.4 is 0 Å². The van der Waals surface area contributed by atoms with Crippen LogP contribution in [0.4, 0.5) is 26.3 Å². The van der Waals surface area contributed by atoms with Gasteiger partial charge in [-0.25, -0.2) is 0 Å². The molecule has 2 nitrogen and oxygen atoms in total. The normalized spacial score (nSPS) is 44.5. The molecule has 3 fully saturated rings. The van der Waals surface area contributed by atoms with Gasteiger partial charge in [0.25, 0.3) is 0 Å². The highest BCUT2D eigenvalue weighted by Gasteiger charge is 2.63. The number of allylic oxidation sites excluding steroid dienone is 1. The Hall–Kier alpha value is -0.760. The van der Waals surface area contributed by atoms with Crippen LogP contribution in [0.3, 0.4) is 0 Å². The summed E-state index contributed by atoms with van der Waals surface area (Å²) in [7, 11) is 0. The zero-order valence-corrected chi connectivity index (χ0v) is 21.2. The van der Waals surface area contributed by atoms with E-state index >= 15 is 0 Å². The van der Waals surface area contributed by atoms with E-state index in [0.29, 0.717) is 31.1 Å². The van der Waals surface area contributed by atoms with Crippen molar-refractivity contribution in [1.29, 1.82) is 0 Å². The molecule has 0 amide bonds. The average molecular weight is 511 g/mol. The van der Waals surface area contributed by atoms with Gasteiger partial charge in [0.2, 0.25) is 0 Å². The molecule has 0 aromatic rings. The van der Waals surface area contributed by atoms with Gasteiger partial charge in [0, 0.05) is 6.42 Å². The topological polar surface area (TPSA) is 40.5 Å². The molecule has 0 aromatic heterocycles. The van der Waals surface area contributed by atoms with Crippen LogP contribution in [0.1, 0.15) is 91.9 Å². The lowest BCUT2D eigenvalue weighted by molar-refractivity contribution is -0.271. The number of aliphatic hydroxyl groups is 2. The fourth-order valence-electron chi connectivity index (χ4n) is 8.72. The van der Waals surface area contributed by atoms with Crippen LogP contribution in [0.15, 0.2) is 11.6 Å². The Morgan fingerprint density at radius 2 is 1.66 bits per heavy atom. The third-order valence-corrected chi connectivity index (χ3v) is 11.2. The summed E-state index contributed by atoms with van der Waals surface area (Å²) >= 11 is 0. The Morgan fingerprint density at radius 1 is 1.00 bits per heavy atom. The molecule has 3 saturated carbocycles. The molecule has 0 saturated heterocycles. The molecule has 9 atom stereocenters. The first-order chi connectivity index (χ1) is 15.9.